The third kappa shape index (κ3) is 5.79. The number of benzene rings is 8. The van der Waals surface area contributed by atoms with Gasteiger partial charge in [-0.05, 0) is 122 Å². The van der Waals surface area contributed by atoms with Crippen LogP contribution in [0, 0.1) is 6.92 Å². The highest BCUT2D eigenvalue weighted by Gasteiger charge is 2.68. The average molecular weight is 880 g/mol. The summed E-state index contributed by atoms with van der Waals surface area (Å²) < 4.78 is 15.3. The zero-order valence-corrected chi connectivity index (χ0v) is 39.7. The highest BCUT2D eigenvalue weighted by Crippen LogP contribution is 2.55. The highest BCUT2D eigenvalue weighted by molar-refractivity contribution is 5.99. The van der Waals surface area contributed by atoms with Crippen LogP contribution in [-0.4, -0.2) is 4.57 Å². The fourth-order valence-electron chi connectivity index (χ4n) is 11.3. The molecule has 10 aromatic rings. The molecule has 8 aromatic carbocycles. The van der Waals surface area contributed by atoms with Crippen LogP contribution in [0.2, 0.25) is 0 Å². The number of pyridine rings is 1. The lowest BCUT2D eigenvalue weighted by Gasteiger charge is -2.33. The molecule has 0 aliphatic carbocycles. The van der Waals surface area contributed by atoms with Crippen LogP contribution in [0.25, 0.3) is 95.0 Å². The molecule has 1 spiro atoms. The number of hydrogen-bond donors (Lipinski definition) is 0. The summed E-state index contributed by atoms with van der Waals surface area (Å²) in [6.45, 7) is 16.1. The van der Waals surface area contributed by atoms with Crippen molar-refractivity contribution in [3.8, 4) is 89.7 Å². The van der Waals surface area contributed by atoms with Gasteiger partial charge in [-0.15, -0.1) is 9.13 Å². The number of aryl methyl sites for hydroxylation is 1. The molecule has 1 atom stereocenters. The van der Waals surface area contributed by atoms with Gasteiger partial charge in [-0.2, -0.15) is 4.57 Å². The molecule has 0 amide bonds. The maximum absolute atomic E-state index is 7.76. The summed E-state index contributed by atoms with van der Waals surface area (Å²) in [5, 5.41) is 0. The van der Waals surface area contributed by atoms with E-state index in [1.807, 2.05) is 0 Å². The van der Waals surface area contributed by atoms with Gasteiger partial charge >= 0.3 is 11.7 Å². The van der Waals surface area contributed by atoms with Gasteiger partial charge in [0.2, 0.25) is 5.69 Å². The average Bonchev–Trinajstić information content (AvgIpc) is 3.85. The summed E-state index contributed by atoms with van der Waals surface area (Å²) in [5.74, 6) is 0.888. The van der Waals surface area contributed by atoms with E-state index in [1.165, 1.54) is 83.5 Å². The SMILES string of the molecule is Cc1cc(-n2c3[n+]4c5c(cccc52)-c2cc(C(C)(C)C)cc5c2C4(Oc2ccccc2-3)[n+]2ccc(-c3ccc(-c4ccccc4)cc3)cc2-5)c(-c2ccc(C(C)(C)C)cc2)cc1-c1ccccc1. The largest absolute Gasteiger partial charge is 0.499 e. The number of imidazole rings is 1. The van der Waals surface area contributed by atoms with Crippen molar-refractivity contribution in [1.29, 1.82) is 0 Å². The molecule has 5 heterocycles. The van der Waals surface area contributed by atoms with Crippen LogP contribution >= 0.6 is 0 Å². The molecule has 0 radical (unpaired) electrons. The van der Waals surface area contributed by atoms with E-state index in [2.05, 4.69) is 256 Å². The monoisotopic (exact) mass is 879 g/mol. The molecule has 4 heteroatoms. The van der Waals surface area contributed by atoms with Crippen molar-refractivity contribution in [2.24, 2.45) is 0 Å². The predicted molar refractivity (Wildman–Crippen MR) is 277 cm³/mol. The fourth-order valence-corrected chi connectivity index (χ4v) is 11.3. The van der Waals surface area contributed by atoms with Crippen molar-refractivity contribution in [2.45, 2.75) is 65.1 Å². The normalized spacial score (nSPS) is 15.2. The topological polar surface area (TPSA) is 21.9 Å². The molecule has 0 bridgehead atoms. The van der Waals surface area contributed by atoms with Gasteiger partial charge < -0.3 is 4.74 Å². The molecule has 13 rings (SSSR count). The van der Waals surface area contributed by atoms with Gasteiger partial charge in [0.05, 0.1) is 5.56 Å². The number of rotatable bonds is 5. The Kier molecular flexibility index (Phi) is 8.53. The maximum Gasteiger partial charge on any atom is 0.499 e. The molecule has 3 aliphatic heterocycles. The fraction of sp³-hybridized carbons (Fsp3) is 0.156. The Morgan fingerprint density at radius 1 is 0.456 bits per heavy atom. The summed E-state index contributed by atoms with van der Waals surface area (Å²) in [4.78, 5) is 0. The van der Waals surface area contributed by atoms with Crippen LogP contribution in [0.15, 0.2) is 194 Å². The van der Waals surface area contributed by atoms with Crippen molar-refractivity contribution in [3.63, 3.8) is 0 Å². The van der Waals surface area contributed by atoms with Gasteiger partial charge in [0, 0.05) is 28.8 Å². The Morgan fingerprint density at radius 2 is 1.04 bits per heavy atom. The number of ether oxygens (including phenoxy) is 1. The van der Waals surface area contributed by atoms with Gasteiger partial charge in [-0.3, -0.25) is 0 Å². The van der Waals surface area contributed by atoms with E-state index in [-0.39, 0.29) is 10.8 Å². The lowest BCUT2D eigenvalue weighted by Crippen LogP contribution is -2.78. The number of fused-ring (bicyclic) bond motifs is 5. The van der Waals surface area contributed by atoms with Gasteiger partial charge in [-0.1, -0.05) is 169 Å². The Hall–Kier alpha value is -7.82. The van der Waals surface area contributed by atoms with Crippen LogP contribution in [0.5, 0.6) is 5.75 Å². The van der Waals surface area contributed by atoms with Gasteiger partial charge in [0.25, 0.3) is 0 Å². The van der Waals surface area contributed by atoms with Crippen molar-refractivity contribution < 1.29 is 13.9 Å². The number of aromatic nitrogens is 3. The van der Waals surface area contributed by atoms with Gasteiger partial charge in [-0.25, -0.2) is 0 Å². The quantitative estimate of drug-likeness (QED) is 0.158. The van der Waals surface area contributed by atoms with Crippen molar-refractivity contribution in [2.75, 3.05) is 0 Å². The minimum absolute atomic E-state index is 0.0313. The second-order valence-electron chi connectivity index (χ2n) is 21.1. The van der Waals surface area contributed by atoms with E-state index in [0.717, 1.165) is 39.6 Å². The second-order valence-corrected chi connectivity index (χ2v) is 21.1. The molecule has 68 heavy (non-hydrogen) atoms. The van der Waals surface area contributed by atoms with Crippen LogP contribution in [0.4, 0.5) is 0 Å². The molecule has 1 unspecified atom stereocenters. The smallest absolute Gasteiger partial charge is 0.392 e. The van der Waals surface area contributed by atoms with E-state index < -0.39 is 5.85 Å². The third-order valence-corrected chi connectivity index (χ3v) is 14.8. The Balaban J connectivity index is 1.12. The summed E-state index contributed by atoms with van der Waals surface area (Å²) >= 11 is 0. The Morgan fingerprint density at radius 3 is 1.75 bits per heavy atom. The van der Waals surface area contributed by atoms with Crippen LogP contribution in [0.3, 0.4) is 0 Å². The first-order valence-electron chi connectivity index (χ1n) is 24.0. The first-order valence-corrected chi connectivity index (χ1v) is 24.0. The first-order chi connectivity index (χ1) is 32.9. The minimum Gasteiger partial charge on any atom is -0.392 e. The molecule has 0 saturated heterocycles. The lowest BCUT2D eigenvalue weighted by atomic mass is 9.80. The predicted octanol–water partition coefficient (Wildman–Crippen LogP) is 15.0. The number of nitrogens with zero attached hydrogens (tertiary/aromatic N) is 3. The lowest BCUT2D eigenvalue weighted by molar-refractivity contribution is -0.997. The molecule has 3 aliphatic rings. The molecule has 2 aromatic heterocycles. The van der Waals surface area contributed by atoms with Crippen molar-refractivity contribution in [3.05, 3.63) is 217 Å². The Bertz CT molecular complexity index is 3700. The zero-order valence-electron chi connectivity index (χ0n) is 39.7. The van der Waals surface area contributed by atoms with Gasteiger partial charge in [0.15, 0.2) is 17.2 Å². The highest BCUT2D eigenvalue weighted by atomic mass is 16.5. The molecular weight excluding hydrogens is 827 g/mol. The third-order valence-electron chi connectivity index (χ3n) is 14.8. The number of hydrogen-bond acceptors (Lipinski definition) is 1. The second kappa shape index (κ2) is 14.3. The summed E-state index contributed by atoms with van der Waals surface area (Å²) in [6, 6.07) is 69.7. The molecule has 0 N–H and O–H groups in total. The van der Waals surface area contributed by atoms with Crippen LogP contribution < -0.4 is 13.9 Å². The summed E-state index contributed by atoms with van der Waals surface area (Å²) in [7, 11) is 0. The summed E-state index contributed by atoms with van der Waals surface area (Å²) in [5.41, 5.74) is 23.7. The first kappa shape index (κ1) is 40.5. The maximum atomic E-state index is 7.76. The van der Waals surface area contributed by atoms with Crippen LogP contribution in [-0.2, 0) is 16.7 Å². The number of para-hydroxylation sites is 2. The van der Waals surface area contributed by atoms with Gasteiger partial charge in [0.1, 0.15) is 22.6 Å². The van der Waals surface area contributed by atoms with Crippen molar-refractivity contribution in [1.82, 2.24) is 4.57 Å². The molecular formula is C64H53N3O+2. The molecule has 328 valence electrons. The van der Waals surface area contributed by atoms with Crippen molar-refractivity contribution >= 4 is 11.0 Å². The standard InChI is InChI=1S/C64H53N3O/c1-40-35-57(52(39-51(40)44-19-12-9-13-20-44)45-29-31-47(32-30-45)62(2,3)4)66-55-23-16-22-49-53-37-48(63(5,6)7)38-54-56-36-46(43-27-25-42(26-28-43)41-17-10-8-11-18-41)33-34-65(56)64(59(53)54)67(60(49)55)61(66)50-21-14-15-24-58(50)68-64/h8-39H,1-7H3/q+2. The van der Waals surface area contributed by atoms with E-state index in [4.69, 9.17) is 4.74 Å². The summed E-state index contributed by atoms with van der Waals surface area (Å²) in [6.07, 6.45) is 2.28. The van der Waals surface area contributed by atoms with E-state index in [0.29, 0.717) is 0 Å². The van der Waals surface area contributed by atoms with E-state index >= 15 is 0 Å². The molecule has 0 saturated carbocycles. The van der Waals surface area contributed by atoms with Crippen LogP contribution in [0.1, 0.15) is 63.8 Å². The zero-order chi connectivity index (χ0) is 46.3. The van der Waals surface area contributed by atoms with E-state index in [9.17, 15) is 0 Å². The molecule has 0 fully saturated rings. The molecule has 4 nitrogen and oxygen atoms in total. The van der Waals surface area contributed by atoms with E-state index in [1.54, 1.807) is 0 Å². The minimum atomic E-state index is -1.05. The Labute approximate surface area is 399 Å².